The molecule has 0 unspecified atom stereocenters. The monoisotopic (exact) mass is 426 g/mol. The molecule has 8 nitrogen and oxygen atoms in total. The highest BCUT2D eigenvalue weighted by Gasteiger charge is 2.24. The Hall–Kier alpha value is -3.88. The molecule has 0 fully saturated rings. The van der Waals surface area contributed by atoms with Crippen LogP contribution < -0.4 is 21.9 Å². The van der Waals surface area contributed by atoms with Crippen LogP contribution in [0.15, 0.2) is 62.7 Å². The first kappa shape index (κ1) is 21.8. The lowest BCUT2D eigenvalue weighted by molar-refractivity contribution is -0.114. The Labute approximate surface area is 177 Å². The fourth-order valence-electron chi connectivity index (χ4n) is 3.06. The van der Waals surface area contributed by atoms with Crippen molar-refractivity contribution in [1.29, 1.82) is 0 Å². The molecule has 0 aliphatic heterocycles. The zero-order chi connectivity index (χ0) is 22.4. The molecule has 3 aromatic rings. The van der Waals surface area contributed by atoms with Crippen LogP contribution >= 0.6 is 0 Å². The quantitative estimate of drug-likeness (QED) is 0.538. The molecule has 0 saturated heterocycles. The van der Waals surface area contributed by atoms with E-state index < -0.39 is 23.0 Å². The number of unbranched alkanes of at least 4 members (excludes halogenated alkanes) is 1. The first-order valence-electron chi connectivity index (χ1n) is 9.81. The first-order valence-corrected chi connectivity index (χ1v) is 9.81. The number of hydrogen-bond donors (Lipinski definition) is 2. The zero-order valence-corrected chi connectivity index (χ0v) is 17.0. The van der Waals surface area contributed by atoms with Crippen molar-refractivity contribution in [2.24, 2.45) is 0 Å². The number of aromatic nitrogens is 2. The fraction of sp³-hybridized carbons (Fsp3) is 0.227. The second-order valence-corrected chi connectivity index (χ2v) is 6.86. The summed E-state index contributed by atoms with van der Waals surface area (Å²) in [5.41, 5.74) is 4.76. The summed E-state index contributed by atoms with van der Waals surface area (Å²) in [7, 11) is 0. The maximum absolute atomic E-state index is 13.9. The van der Waals surface area contributed by atoms with Gasteiger partial charge in [-0.15, -0.1) is 0 Å². The van der Waals surface area contributed by atoms with Gasteiger partial charge >= 0.3 is 5.69 Å². The van der Waals surface area contributed by atoms with E-state index in [1.54, 1.807) is 18.2 Å². The standard InChI is InChI=1S/C22H23FN4O4/c1-2-3-12-26-20(24)19(21(29)25-22(26)30)27(14-16-8-6-13-31-16)18(28)11-10-15-7-4-5-9-17(15)23/h4-11,13H,2-3,12,14,24H2,1H3,(H,25,29,30)/b11-10+. The van der Waals surface area contributed by atoms with E-state index in [0.29, 0.717) is 18.7 Å². The summed E-state index contributed by atoms with van der Waals surface area (Å²) in [5, 5.41) is 0. The van der Waals surface area contributed by atoms with Crippen molar-refractivity contribution in [1.82, 2.24) is 9.55 Å². The number of anilines is 2. The Morgan fingerprint density at radius 1 is 1.26 bits per heavy atom. The van der Waals surface area contributed by atoms with Crippen LogP contribution in [0.5, 0.6) is 0 Å². The van der Waals surface area contributed by atoms with Crippen LogP contribution in [-0.2, 0) is 17.9 Å². The van der Waals surface area contributed by atoms with Crippen LogP contribution in [0.2, 0.25) is 0 Å². The number of benzene rings is 1. The number of rotatable bonds is 8. The summed E-state index contributed by atoms with van der Waals surface area (Å²) >= 11 is 0. The third-order valence-electron chi connectivity index (χ3n) is 4.69. The smallest absolute Gasteiger partial charge is 0.330 e. The molecule has 31 heavy (non-hydrogen) atoms. The minimum atomic E-state index is -0.797. The minimum Gasteiger partial charge on any atom is -0.467 e. The van der Waals surface area contributed by atoms with Crippen molar-refractivity contribution < 1.29 is 13.6 Å². The number of H-pyrrole nitrogens is 1. The highest BCUT2D eigenvalue weighted by Crippen LogP contribution is 2.21. The second-order valence-electron chi connectivity index (χ2n) is 6.86. The van der Waals surface area contributed by atoms with Crippen molar-refractivity contribution in [3.05, 3.63) is 86.7 Å². The van der Waals surface area contributed by atoms with E-state index in [1.807, 2.05) is 6.92 Å². The molecule has 0 radical (unpaired) electrons. The van der Waals surface area contributed by atoms with Gasteiger partial charge in [-0.3, -0.25) is 24.0 Å². The van der Waals surface area contributed by atoms with E-state index in [2.05, 4.69) is 4.98 Å². The number of halogens is 1. The van der Waals surface area contributed by atoms with Crippen molar-refractivity contribution in [2.75, 3.05) is 10.6 Å². The molecule has 2 heterocycles. The van der Waals surface area contributed by atoms with Gasteiger partial charge in [-0.1, -0.05) is 31.5 Å². The highest BCUT2D eigenvalue weighted by atomic mass is 19.1. The molecule has 0 aliphatic rings. The van der Waals surface area contributed by atoms with Gasteiger partial charge in [-0.2, -0.15) is 0 Å². The third kappa shape index (κ3) is 5.00. The largest absolute Gasteiger partial charge is 0.467 e. The summed E-state index contributed by atoms with van der Waals surface area (Å²) in [4.78, 5) is 41.2. The molecular formula is C22H23FN4O4. The molecule has 3 rings (SSSR count). The van der Waals surface area contributed by atoms with Gasteiger partial charge in [0.2, 0.25) is 0 Å². The van der Waals surface area contributed by atoms with E-state index >= 15 is 0 Å². The van der Waals surface area contributed by atoms with Crippen molar-refractivity contribution in [3.8, 4) is 0 Å². The van der Waals surface area contributed by atoms with E-state index in [1.165, 1.54) is 35.1 Å². The van der Waals surface area contributed by atoms with E-state index in [-0.39, 0.29) is 23.6 Å². The number of furan rings is 1. The summed E-state index contributed by atoms with van der Waals surface area (Å²) in [6, 6.07) is 9.25. The summed E-state index contributed by atoms with van der Waals surface area (Å²) < 4.78 is 20.5. The fourth-order valence-corrected chi connectivity index (χ4v) is 3.06. The second kappa shape index (κ2) is 9.75. The van der Waals surface area contributed by atoms with Crippen LogP contribution in [0, 0.1) is 5.82 Å². The number of amides is 1. The van der Waals surface area contributed by atoms with Crippen LogP contribution in [0.25, 0.3) is 6.08 Å². The average molecular weight is 426 g/mol. The van der Waals surface area contributed by atoms with Crippen LogP contribution in [-0.4, -0.2) is 15.5 Å². The van der Waals surface area contributed by atoms with Crippen LogP contribution in [0.1, 0.15) is 31.1 Å². The lowest BCUT2D eigenvalue weighted by Crippen LogP contribution is -2.40. The molecule has 9 heteroatoms. The number of carbonyl (C=O) groups excluding carboxylic acids is 1. The molecule has 0 atom stereocenters. The van der Waals surface area contributed by atoms with E-state index in [0.717, 1.165) is 17.4 Å². The minimum absolute atomic E-state index is 0.104. The zero-order valence-electron chi connectivity index (χ0n) is 17.0. The lowest BCUT2D eigenvalue weighted by atomic mass is 10.2. The Morgan fingerprint density at radius 2 is 2.03 bits per heavy atom. The number of aromatic amines is 1. The maximum atomic E-state index is 13.9. The number of nitrogens with zero attached hydrogens (tertiary/aromatic N) is 2. The van der Waals surface area contributed by atoms with Gasteiger partial charge in [0.05, 0.1) is 12.8 Å². The van der Waals surface area contributed by atoms with E-state index in [9.17, 15) is 18.8 Å². The topological polar surface area (TPSA) is 114 Å². The molecule has 0 saturated carbocycles. The van der Waals surface area contributed by atoms with E-state index in [4.69, 9.17) is 10.2 Å². The Morgan fingerprint density at radius 3 is 2.71 bits per heavy atom. The molecular weight excluding hydrogens is 403 g/mol. The number of nitrogens with two attached hydrogens (primary N) is 1. The predicted octanol–water partition coefficient (Wildman–Crippen LogP) is 2.90. The molecule has 0 spiro atoms. The van der Waals surface area contributed by atoms with Gasteiger partial charge in [-0.05, 0) is 30.7 Å². The average Bonchev–Trinajstić information content (AvgIpc) is 3.25. The SMILES string of the molecule is CCCCn1c(N)c(N(Cc2ccco2)C(=O)/C=C/c2ccccc2F)c(=O)[nH]c1=O. The highest BCUT2D eigenvalue weighted by molar-refractivity contribution is 6.05. The molecule has 0 aliphatic carbocycles. The molecule has 1 aromatic carbocycles. The van der Waals surface area contributed by atoms with Crippen LogP contribution in [0.3, 0.4) is 0 Å². The van der Waals surface area contributed by atoms with Gasteiger partial charge < -0.3 is 10.2 Å². The van der Waals surface area contributed by atoms with Gasteiger partial charge in [0.1, 0.15) is 17.4 Å². The Balaban J connectivity index is 2.05. The number of nitrogens with one attached hydrogen (secondary N) is 1. The molecule has 2 aromatic heterocycles. The Kier molecular flexibility index (Phi) is 6.86. The summed E-state index contributed by atoms with van der Waals surface area (Å²) in [6.07, 6.45) is 5.35. The maximum Gasteiger partial charge on any atom is 0.330 e. The van der Waals surface area contributed by atoms with Gasteiger partial charge in [-0.25, -0.2) is 9.18 Å². The van der Waals surface area contributed by atoms with Crippen molar-refractivity contribution in [3.63, 3.8) is 0 Å². The third-order valence-corrected chi connectivity index (χ3v) is 4.69. The molecule has 0 bridgehead atoms. The summed E-state index contributed by atoms with van der Waals surface area (Å²) in [6.45, 7) is 2.14. The Bertz CT molecular complexity index is 1190. The first-order chi connectivity index (χ1) is 14.9. The number of carbonyl (C=O) groups is 1. The van der Waals surface area contributed by atoms with Gasteiger partial charge in [0.15, 0.2) is 5.69 Å². The number of hydrogen-bond acceptors (Lipinski definition) is 5. The van der Waals surface area contributed by atoms with Gasteiger partial charge in [0, 0.05) is 18.2 Å². The number of nitrogen functional groups attached to an aromatic ring is 1. The van der Waals surface area contributed by atoms with Crippen molar-refractivity contribution in [2.45, 2.75) is 32.9 Å². The normalized spacial score (nSPS) is 11.2. The van der Waals surface area contributed by atoms with Crippen molar-refractivity contribution >= 4 is 23.5 Å². The van der Waals surface area contributed by atoms with Crippen LogP contribution in [0.4, 0.5) is 15.9 Å². The summed E-state index contributed by atoms with van der Waals surface area (Å²) in [5.74, 6) is -0.841. The van der Waals surface area contributed by atoms with Gasteiger partial charge in [0.25, 0.3) is 11.5 Å². The lowest BCUT2D eigenvalue weighted by Gasteiger charge is -2.22. The molecule has 3 N–H and O–H groups in total. The molecule has 1 amide bonds. The molecule has 162 valence electrons. The predicted molar refractivity (Wildman–Crippen MR) is 116 cm³/mol.